The third-order valence-electron chi connectivity index (χ3n) is 2.63. The summed E-state index contributed by atoms with van der Waals surface area (Å²) in [6, 6.07) is 8.04. The fourth-order valence-electron chi connectivity index (χ4n) is 1.53. The predicted molar refractivity (Wildman–Crippen MR) is 65.0 cm³/mol. The lowest BCUT2D eigenvalue weighted by Crippen LogP contribution is -2.14. The van der Waals surface area contributed by atoms with Gasteiger partial charge in [0, 0.05) is 0 Å². The fraction of sp³-hybridized carbons (Fsp3) is 0.500. The van der Waals surface area contributed by atoms with Crippen LogP contribution in [0.4, 0.5) is 0 Å². The van der Waals surface area contributed by atoms with Crippen molar-refractivity contribution in [3.63, 3.8) is 0 Å². The van der Waals surface area contributed by atoms with E-state index in [9.17, 15) is 4.79 Å². The van der Waals surface area contributed by atoms with Crippen LogP contribution in [0.25, 0.3) is 0 Å². The minimum Gasteiger partial charge on any atom is -0.461 e. The molecular weight excluding hydrogens is 200 g/mol. The normalized spacial score (nSPS) is 12.2. The van der Waals surface area contributed by atoms with E-state index in [1.165, 1.54) is 5.56 Å². The predicted octanol–water partition coefficient (Wildman–Crippen LogP) is 3.47. The lowest BCUT2D eigenvalue weighted by atomic mass is 10.1. The molecule has 0 aliphatic heterocycles. The first-order chi connectivity index (χ1) is 7.63. The van der Waals surface area contributed by atoms with Gasteiger partial charge in [0.1, 0.15) is 6.61 Å². The number of aryl methyl sites for hydroxylation is 1. The van der Waals surface area contributed by atoms with Crippen LogP contribution in [-0.2, 0) is 16.1 Å². The van der Waals surface area contributed by atoms with Gasteiger partial charge in [-0.05, 0) is 18.9 Å². The molecule has 0 aliphatic carbocycles. The number of rotatable bonds is 5. The van der Waals surface area contributed by atoms with E-state index in [2.05, 4.69) is 6.92 Å². The van der Waals surface area contributed by atoms with Crippen LogP contribution in [0.2, 0.25) is 0 Å². The molecule has 1 atom stereocenters. The van der Waals surface area contributed by atoms with E-state index in [-0.39, 0.29) is 11.9 Å². The van der Waals surface area contributed by atoms with Crippen molar-refractivity contribution >= 4 is 5.97 Å². The minimum absolute atomic E-state index is 0.00967. The number of carbonyl (C=O) groups is 1. The number of hydrogen-bond acceptors (Lipinski definition) is 2. The van der Waals surface area contributed by atoms with E-state index in [1.807, 2.05) is 38.1 Å². The van der Waals surface area contributed by atoms with Gasteiger partial charge in [-0.15, -0.1) is 0 Å². The van der Waals surface area contributed by atoms with Gasteiger partial charge in [-0.1, -0.05) is 50.1 Å². The molecular formula is C14H20O2. The first-order valence-corrected chi connectivity index (χ1v) is 5.85. The van der Waals surface area contributed by atoms with Crippen molar-refractivity contribution in [3.8, 4) is 0 Å². The monoisotopic (exact) mass is 220 g/mol. The largest absolute Gasteiger partial charge is 0.461 e. The van der Waals surface area contributed by atoms with Gasteiger partial charge in [0.05, 0.1) is 5.92 Å². The Morgan fingerprint density at radius 2 is 1.94 bits per heavy atom. The van der Waals surface area contributed by atoms with Gasteiger partial charge in [0.2, 0.25) is 0 Å². The van der Waals surface area contributed by atoms with E-state index in [4.69, 9.17) is 4.74 Å². The van der Waals surface area contributed by atoms with Crippen molar-refractivity contribution in [3.05, 3.63) is 35.4 Å². The molecule has 0 aromatic heterocycles. The molecule has 1 unspecified atom stereocenters. The molecule has 2 heteroatoms. The van der Waals surface area contributed by atoms with Gasteiger partial charge in [0.15, 0.2) is 0 Å². The van der Waals surface area contributed by atoms with E-state index in [0.717, 1.165) is 18.4 Å². The molecule has 0 aliphatic rings. The first-order valence-electron chi connectivity index (χ1n) is 5.85. The van der Waals surface area contributed by atoms with Crippen molar-refractivity contribution in [2.24, 2.45) is 5.92 Å². The summed E-state index contributed by atoms with van der Waals surface area (Å²) in [5, 5.41) is 0. The third kappa shape index (κ3) is 4.05. The van der Waals surface area contributed by atoms with Crippen LogP contribution in [0.3, 0.4) is 0 Å². The maximum absolute atomic E-state index is 11.6. The zero-order valence-corrected chi connectivity index (χ0v) is 10.3. The molecule has 16 heavy (non-hydrogen) atoms. The van der Waals surface area contributed by atoms with E-state index in [0.29, 0.717) is 6.61 Å². The van der Waals surface area contributed by atoms with Gasteiger partial charge >= 0.3 is 5.97 Å². The van der Waals surface area contributed by atoms with Crippen LogP contribution in [0.1, 0.15) is 37.8 Å². The summed E-state index contributed by atoms with van der Waals surface area (Å²) < 4.78 is 5.24. The lowest BCUT2D eigenvalue weighted by Gasteiger charge is -2.10. The Morgan fingerprint density at radius 1 is 1.31 bits per heavy atom. The Balaban J connectivity index is 2.39. The molecule has 1 aromatic rings. The van der Waals surface area contributed by atoms with Crippen molar-refractivity contribution in [1.82, 2.24) is 0 Å². The van der Waals surface area contributed by atoms with E-state index >= 15 is 0 Å². The molecule has 0 bridgehead atoms. The minimum atomic E-state index is -0.0950. The van der Waals surface area contributed by atoms with Crippen molar-refractivity contribution in [1.29, 1.82) is 0 Å². The molecule has 1 aromatic carbocycles. The maximum Gasteiger partial charge on any atom is 0.308 e. The lowest BCUT2D eigenvalue weighted by molar-refractivity contribution is -0.149. The van der Waals surface area contributed by atoms with Crippen molar-refractivity contribution in [2.45, 2.75) is 40.2 Å². The molecule has 1 rings (SSSR count). The van der Waals surface area contributed by atoms with Crippen LogP contribution in [0, 0.1) is 12.8 Å². The van der Waals surface area contributed by atoms with Crippen LogP contribution < -0.4 is 0 Å². The zero-order valence-electron chi connectivity index (χ0n) is 10.3. The molecule has 88 valence electrons. The van der Waals surface area contributed by atoms with E-state index < -0.39 is 0 Å². The van der Waals surface area contributed by atoms with Gasteiger partial charge in [-0.2, -0.15) is 0 Å². The Bertz CT molecular complexity index is 327. The highest BCUT2D eigenvalue weighted by atomic mass is 16.5. The first kappa shape index (κ1) is 12.8. The molecule has 0 radical (unpaired) electrons. The summed E-state index contributed by atoms with van der Waals surface area (Å²) in [5.74, 6) is -0.0853. The summed E-state index contributed by atoms with van der Waals surface area (Å²) in [6.07, 6.45) is 1.91. The number of hydrogen-bond donors (Lipinski definition) is 0. The highest BCUT2D eigenvalue weighted by Crippen LogP contribution is 2.10. The highest BCUT2D eigenvalue weighted by Gasteiger charge is 2.12. The van der Waals surface area contributed by atoms with Gasteiger partial charge in [0.25, 0.3) is 0 Å². The van der Waals surface area contributed by atoms with Crippen LogP contribution in [0.5, 0.6) is 0 Å². The molecule has 0 saturated heterocycles. The molecule has 0 fully saturated rings. The smallest absolute Gasteiger partial charge is 0.308 e. The Kier molecular flexibility index (Phi) is 5.03. The Labute approximate surface area is 97.6 Å². The summed E-state index contributed by atoms with van der Waals surface area (Å²) in [5.41, 5.74) is 2.26. The summed E-state index contributed by atoms with van der Waals surface area (Å²) >= 11 is 0. The number of benzene rings is 1. The van der Waals surface area contributed by atoms with Crippen LogP contribution in [-0.4, -0.2) is 5.97 Å². The fourth-order valence-corrected chi connectivity index (χ4v) is 1.53. The maximum atomic E-state index is 11.6. The molecule has 0 amide bonds. The van der Waals surface area contributed by atoms with Gasteiger partial charge < -0.3 is 4.74 Å². The van der Waals surface area contributed by atoms with Crippen LogP contribution >= 0.6 is 0 Å². The molecule has 0 saturated carbocycles. The Hall–Kier alpha value is -1.31. The standard InChI is InChI=1S/C14H20O2/c1-4-5-12(3)14(15)16-10-13-8-6-11(2)7-9-13/h6-9,12H,4-5,10H2,1-3H3. The highest BCUT2D eigenvalue weighted by molar-refractivity contribution is 5.71. The topological polar surface area (TPSA) is 26.3 Å². The molecule has 0 heterocycles. The van der Waals surface area contributed by atoms with Gasteiger partial charge in [-0.25, -0.2) is 0 Å². The summed E-state index contributed by atoms with van der Waals surface area (Å²) in [4.78, 5) is 11.6. The molecule has 0 N–H and O–H groups in total. The zero-order chi connectivity index (χ0) is 12.0. The average Bonchev–Trinajstić information content (AvgIpc) is 2.28. The number of carbonyl (C=O) groups excluding carboxylic acids is 1. The van der Waals surface area contributed by atoms with Crippen LogP contribution in [0.15, 0.2) is 24.3 Å². The van der Waals surface area contributed by atoms with Crippen molar-refractivity contribution < 1.29 is 9.53 Å². The Morgan fingerprint density at radius 3 is 2.50 bits per heavy atom. The number of ether oxygens (including phenoxy) is 1. The third-order valence-corrected chi connectivity index (χ3v) is 2.63. The van der Waals surface area contributed by atoms with Gasteiger partial charge in [-0.3, -0.25) is 4.79 Å². The molecule has 2 nitrogen and oxygen atoms in total. The van der Waals surface area contributed by atoms with Crippen molar-refractivity contribution in [2.75, 3.05) is 0 Å². The average molecular weight is 220 g/mol. The second kappa shape index (κ2) is 6.31. The summed E-state index contributed by atoms with van der Waals surface area (Å²) in [6.45, 7) is 6.41. The quantitative estimate of drug-likeness (QED) is 0.710. The van der Waals surface area contributed by atoms with E-state index in [1.54, 1.807) is 0 Å². The number of esters is 1. The molecule has 0 spiro atoms. The second-order valence-electron chi connectivity index (χ2n) is 4.28. The second-order valence-corrected chi connectivity index (χ2v) is 4.28. The summed E-state index contributed by atoms with van der Waals surface area (Å²) in [7, 11) is 0. The SMILES string of the molecule is CCCC(C)C(=O)OCc1ccc(C)cc1.